The maximum atomic E-state index is 12.5. The van der Waals surface area contributed by atoms with E-state index < -0.39 is 6.04 Å². The minimum absolute atomic E-state index is 0.0671. The number of aromatic nitrogens is 3. The number of H-pyrrole nitrogens is 1. The molecule has 1 unspecified atom stereocenters. The highest BCUT2D eigenvalue weighted by Gasteiger charge is 2.16. The van der Waals surface area contributed by atoms with Crippen molar-refractivity contribution in [1.82, 2.24) is 19.4 Å². The van der Waals surface area contributed by atoms with E-state index in [1.54, 1.807) is 21.4 Å². The van der Waals surface area contributed by atoms with Crippen molar-refractivity contribution in [3.63, 3.8) is 0 Å². The Kier molecular flexibility index (Phi) is 10.3. The number of esters is 1. The Morgan fingerprint density at radius 2 is 1.97 bits per heavy atom. The van der Waals surface area contributed by atoms with Crippen LogP contribution in [0, 0.1) is 10.7 Å². The molecular formula is C22H35N5O5S. The molecule has 0 aromatic carbocycles. The van der Waals surface area contributed by atoms with Gasteiger partial charge in [-0.05, 0) is 50.9 Å². The smallest absolute Gasteiger partial charge is 0.307 e. The summed E-state index contributed by atoms with van der Waals surface area (Å²) in [5, 5.41) is 2.77. The first-order valence-electron chi connectivity index (χ1n) is 11.2. The van der Waals surface area contributed by atoms with E-state index in [2.05, 4.69) is 10.3 Å². The third kappa shape index (κ3) is 7.79. The van der Waals surface area contributed by atoms with Crippen LogP contribution in [-0.2, 0) is 32.3 Å². The number of amides is 1. The zero-order valence-electron chi connectivity index (χ0n) is 19.8. The molecule has 33 heavy (non-hydrogen) atoms. The average molecular weight is 482 g/mol. The second kappa shape index (κ2) is 12.7. The molecule has 0 saturated carbocycles. The summed E-state index contributed by atoms with van der Waals surface area (Å²) in [7, 11) is 0. The molecule has 0 aliphatic heterocycles. The van der Waals surface area contributed by atoms with Gasteiger partial charge in [0.2, 0.25) is 5.91 Å². The van der Waals surface area contributed by atoms with Crippen molar-refractivity contribution in [2.75, 3.05) is 13.2 Å². The maximum Gasteiger partial charge on any atom is 0.307 e. The molecule has 10 nitrogen and oxygen atoms in total. The van der Waals surface area contributed by atoms with Crippen molar-refractivity contribution >= 4 is 35.1 Å². The van der Waals surface area contributed by atoms with Crippen molar-refractivity contribution in [2.45, 2.75) is 72.4 Å². The molecule has 1 atom stereocenters. The average Bonchev–Trinajstić information content (AvgIpc) is 3.17. The van der Waals surface area contributed by atoms with Crippen molar-refractivity contribution < 1.29 is 19.1 Å². The topological polar surface area (TPSA) is 133 Å². The lowest BCUT2D eigenvalue weighted by Gasteiger charge is -2.15. The molecule has 0 saturated heterocycles. The Hall–Kier alpha value is -2.50. The molecule has 0 fully saturated rings. The third-order valence-corrected chi connectivity index (χ3v) is 5.49. The molecule has 2 aromatic heterocycles. The van der Waals surface area contributed by atoms with E-state index in [1.807, 2.05) is 27.7 Å². The van der Waals surface area contributed by atoms with E-state index in [0.717, 1.165) is 0 Å². The molecule has 4 N–H and O–H groups in total. The summed E-state index contributed by atoms with van der Waals surface area (Å²) in [4.78, 5) is 39.1. The lowest BCUT2D eigenvalue weighted by atomic mass is 10.1. The highest BCUT2D eigenvalue weighted by Crippen LogP contribution is 2.13. The Labute approximate surface area is 198 Å². The van der Waals surface area contributed by atoms with Crippen LogP contribution in [0.1, 0.15) is 47.0 Å². The second-order valence-electron chi connectivity index (χ2n) is 8.51. The van der Waals surface area contributed by atoms with Gasteiger partial charge < -0.3 is 29.7 Å². The molecule has 2 heterocycles. The number of hydrogen-bond acceptors (Lipinski definition) is 7. The van der Waals surface area contributed by atoms with E-state index in [1.165, 1.54) is 0 Å². The number of carbonyl (C=O) groups is 2. The first-order chi connectivity index (χ1) is 15.6. The third-order valence-electron chi connectivity index (χ3n) is 5.17. The molecule has 11 heteroatoms. The van der Waals surface area contributed by atoms with Gasteiger partial charge in [-0.2, -0.15) is 0 Å². The van der Waals surface area contributed by atoms with E-state index in [9.17, 15) is 14.4 Å². The number of rotatable bonds is 13. The standard InChI is InChI=1S/C22H35N5O5S/c1-14(2)18(23)20(29)24-9-6-5-7-17(28)32-13-26-10-8-16-19(26)21(30)25-22(33)27(16)11-12-31-15(3)4/h8,10,14-15,18H,5-7,9,11-13,23H2,1-4H3,(H,24,29)(H,25,30,33). The number of nitrogens with two attached hydrogens (primary N) is 1. The van der Waals surface area contributed by atoms with E-state index in [-0.39, 0.29) is 42.6 Å². The van der Waals surface area contributed by atoms with Crippen molar-refractivity contribution in [1.29, 1.82) is 0 Å². The molecule has 2 aromatic rings. The Balaban J connectivity index is 1.87. The van der Waals surface area contributed by atoms with Gasteiger partial charge in [-0.15, -0.1) is 0 Å². The Morgan fingerprint density at radius 1 is 1.24 bits per heavy atom. The molecule has 0 aliphatic carbocycles. The van der Waals surface area contributed by atoms with Gasteiger partial charge in [-0.3, -0.25) is 19.4 Å². The number of fused-ring (bicyclic) bond motifs is 1. The number of hydrogen-bond donors (Lipinski definition) is 3. The molecule has 0 bridgehead atoms. The van der Waals surface area contributed by atoms with Crippen molar-refractivity contribution in [3.05, 3.63) is 27.4 Å². The highest BCUT2D eigenvalue weighted by molar-refractivity contribution is 7.71. The number of nitrogens with one attached hydrogen (secondary N) is 2. The Bertz CT molecular complexity index is 1060. The van der Waals surface area contributed by atoms with Crippen LogP contribution in [0.5, 0.6) is 0 Å². The number of unbranched alkanes of at least 4 members (excludes halogenated alkanes) is 1. The molecule has 0 aliphatic rings. The van der Waals surface area contributed by atoms with Crippen LogP contribution in [0.4, 0.5) is 0 Å². The van der Waals surface area contributed by atoms with Crippen molar-refractivity contribution in [3.8, 4) is 0 Å². The SMILES string of the molecule is CC(C)OCCn1c(=S)[nH]c(=O)c2c1ccn2COC(=O)CCCCNC(=O)C(N)C(C)C. The summed E-state index contributed by atoms with van der Waals surface area (Å²) in [6, 6.07) is 1.24. The van der Waals surface area contributed by atoms with Crippen LogP contribution in [0.3, 0.4) is 0 Å². The minimum atomic E-state index is -0.535. The zero-order chi connectivity index (χ0) is 24.5. The van der Waals surface area contributed by atoms with Crippen molar-refractivity contribution in [2.24, 2.45) is 11.7 Å². The number of ether oxygens (including phenoxy) is 2. The predicted molar refractivity (Wildman–Crippen MR) is 128 cm³/mol. The first-order valence-corrected chi connectivity index (χ1v) is 11.6. The van der Waals surface area contributed by atoms with Crippen LogP contribution in [0.15, 0.2) is 17.1 Å². The fourth-order valence-corrected chi connectivity index (χ4v) is 3.49. The van der Waals surface area contributed by atoms with Gasteiger partial charge in [0.25, 0.3) is 5.56 Å². The Morgan fingerprint density at radius 3 is 2.64 bits per heavy atom. The van der Waals surface area contributed by atoms with E-state index >= 15 is 0 Å². The summed E-state index contributed by atoms with van der Waals surface area (Å²) in [6.45, 7) is 9.00. The molecule has 184 valence electrons. The van der Waals surface area contributed by atoms with E-state index in [0.29, 0.717) is 48.3 Å². The molecule has 0 spiro atoms. The molecule has 2 rings (SSSR count). The van der Waals surface area contributed by atoms with Gasteiger partial charge in [-0.1, -0.05) is 13.8 Å². The summed E-state index contributed by atoms with van der Waals surface area (Å²) >= 11 is 5.30. The number of aromatic amines is 1. The summed E-state index contributed by atoms with van der Waals surface area (Å²) in [6.07, 6.45) is 3.20. The quantitative estimate of drug-likeness (QED) is 0.226. The molecule has 0 radical (unpaired) electrons. The lowest BCUT2D eigenvalue weighted by Crippen LogP contribution is -2.44. The van der Waals surface area contributed by atoms with Gasteiger partial charge in [-0.25, -0.2) is 0 Å². The van der Waals surface area contributed by atoms with Crippen LogP contribution in [-0.4, -0.2) is 51.3 Å². The monoisotopic (exact) mass is 481 g/mol. The number of carbonyl (C=O) groups excluding carboxylic acids is 2. The predicted octanol–water partition coefficient (Wildman–Crippen LogP) is 2.06. The van der Waals surface area contributed by atoms with Crippen LogP contribution < -0.4 is 16.6 Å². The summed E-state index contributed by atoms with van der Waals surface area (Å²) in [5.74, 6) is -0.498. The highest BCUT2D eigenvalue weighted by atomic mass is 32.1. The van der Waals surface area contributed by atoms with E-state index in [4.69, 9.17) is 27.4 Å². The lowest BCUT2D eigenvalue weighted by molar-refractivity contribution is -0.147. The largest absolute Gasteiger partial charge is 0.444 e. The molecular weight excluding hydrogens is 446 g/mol. The minimum Gasteiger partial charge on any atom is -0.444 e. The fourth-order valence-electron chi connectivity index (χ4n) is 3.21. The summed E-state index contributed by atoms with van der Waals surface area (Å²) in [5.41, 5.74) is 6.48. The van der Waals surface area contributed by atoms with Crippen LogP contribution in [0.25, 0.3) is 11.0 Å². The van der Waals surface area contributed by atoms with Gasteiger partial charge >= 0.3 is 5.97 Å². The van der Waals surface area contributed by atoms with Gasteiger partial charge in [0, 0.05) is 25.7 Å². The zero-order valence-corrected chi connectivity index (χ0v) is 20.6. The number of nitrogens with zero attached hydrogens (tertiary/aromatic N) is 2. The van der Waals surface area contributed by atoms with Crippen LogP contribution >= 0.6 is 12.2 Å². The fraction of sp³-hybridized carbons (Fsp3) is 0.636. The second-order valence-corrected chi connectivity index (χ2v) is 8.90. The first kappa shape index (κ1) is 26.7. The normalized spacial score (nSPS) is 12.5. The molecule has 1 amide bonds. The van der Waals surface area contributed by atoms with Gasteiger partial charge in [0.15, 0.2) is 11.5 Å². The van der Waals surface area contributed by atoms with Crippen LogP contribution in [0.2, 0.25) is 0 Å². The van der Waals surface area contributed by atoms with Gasteiger partial charge in [0.05, 0.1) is 24.3 Å². The van der Waals surface area contributed by atoms with Gasteiger partial charge in [0.1, 0.15) is 5.52 Å². The summed E-state index contributed by atoms with van der Waals surface area (Å²) < 4.78 is 14.6. The maximum absolute atomic E-state index is 12.5.